The van der Waals surface area contributed by atoms with Gasteiger partial charge < -0.3 is 9.88 Å². The predicted molar refractivity (Wildman–Crippen MR) is 56.0 cm³/mol. The minimum atomic E-state index is 0.779. The van der Waals surface area contributed by atoms with Crippen LogP contribution in [0.5, 0.6) is 0 Å². The molecule has 0 fully saturated rings. The Bertz CT molecular complexity index is 406. The fourth-order valence-electron chi connectivity index (χ4n) is 1.01. The summed E-state index contributed by atoms with van der Waals surface area (Å²) in [6, 6.07) is 0. The van der Waals surface area contributed by atoms with E-state index in [0.29, 0.717) is 0 Å². The van der Waals surface area contributed by atoms with Crippen molar-refractivity contribution in [3.05, 3.63) is 18.3 Å². The minimum Gasteiger partial charge on any atom is -0.323 e. The van der Waals surface area contributed by atoms with E-state index in [9.17, 15) is 0 Å². The van der Waals surface area contributed by atoms with Crippen LogP contribution >= 0.6 is 0 Å². The molecule has 0 aliphatic carbocycles. The highest BCUT2D eigenvalue weighted by Gasteiger charge is 1.99. The quantitative estimate of drug-likeness (QED) is 0.662. The molecule has 0 aliphatic heterocycles. The highest BCUT2D eigenvalue weighted by molar-refractivity contribution is 5.68. The summed E-state index contributed by atoms with van der Waals surface area (Å²) in [5.41, 5.74) is 1.73. The topological polar surface area (TPSA) is 55.6 Å². The van der Waals surface area contributed by atoms with Crippen LogP contribution in [0.15, 0.2) is 12.5 Å². The maximum Gasteiger partial charge on any atom is 0.163 e. The fraction of sp³-hybridized carbons (Fsp3) is 0.444. The van der Waals surface area contributed by atoms with Crippen LogP contribution < -0.4 is 5.32 Å². The zero-order valence-corrected chi connectivity index (χ0v) is 8.94. The first-order valence-electron chi connectivity index (χ1n) is 4.38. The van der Waals surface area contributed by atoms with Gasteiger partial charge in [-0.3, -0.25) is 0 Å². The molecule has 5 nitrogen and oxygen atoms in total. The van der Waals surface area contributed by atoms with Crippen LogP contribution in [0, 0.1) is 6.92 Å². The number of hydrogen-bond acceptors (Lipinski definition) is 4. The third kappa shape index (κ3) is 2.26. The van der Waals surface area contributed by atoms with Crippen molar-refractivity contribution < 1.29 is 0 Å². The summed E-state index contributed by atoms with van der Waals surface area (Å²) in [6.07, 6.45) is 3.47. The van der Waals surface area contributed by atoms with Gasteiger partial charge in [-0.1, -0.05) is 0 Å². The van der Waals surface area contributed by atoms with E-state index in [0.717, 1.165) is 17.0 Å². The van der Waals surface area contributed by atoms with Crippen molar-refractivity contribution in [2.45, 2.75) is 6.92 Å². The lowest BCUT2D eigenvalue weighted by Gasteiger charge is -1.92. The molecule has 0 saturated carbocycles. The standard InChI is InChI=1S/C7H8N4.C2H7N/c1-5-8-3-6-7(10-5)11(2)4-9-6;1-3-2/h3-4H,1-2H3;3H,1-2H3. The third-order valence-corrected chi connectivity index (χ3v) is 1.57. The van der Waals surface area contributed by atoms with Gasteiger partial charge in [0.05, 0.1) is 12.5 Å². The highest BCUT2D eigenvalue weighted by atomic mass is 15.1. The molecule has 2 aromatic rings. The third-order valence-electron chi connectivity index (χ3n) is 1.57. The summed E-state index contributed by atoms with van der Waals surface area (Å²) in [7, 11) is 5.67. The van der Waals surface area contributed by atoms with Crippen LogP contribution in [-0.2, 0) is 7.05 Å². The Morgan fingerprint density at radius 1 is 1.29 bits per heavy atom. The molecule has 0 aromatic carbocycles. The van der Waals surface area contributed by atoms with Crippen molar-refractivity contribution in [1.82, 2.24) is 24.8 Å². The normalized spacial score (nSPS) is 9.71. The maximum atomic E-state index is 4.22. The zero-order chi connectivity index (χ0) is 10.6. The lowest BCUT2D eigenvalue weighted by Crippen LogP contribution is -1.91. The molecular formula is C9H15N5. The van der Waals surface area contributed by atoms with E-state index in [2.05, 4.69) is 20.3 Å². The number of hydrogen-bond donors (Lipinski definition) is 1. The second-order valence-corrected chi connectivity index (χ2v) is 2.98. The lowest BCUT2D eigenvalue weighted by atomic mass is 10.5. The van der Waals surface area contributed by atoms with Crippen LogP contribution in [0.4, 0.5) is 0 Å². The summed E-state index contributed by atoms with van der Waals surface area (Å²) in [5, 5.41) is 2.75. The van der Waals surface area contributed by atoms with Crippen LogP contribution in [0.25, 0.3) is 11.2 Å². The van der Waals surface area contributed by atoms with Crippen molar-refractivity contribution in [3.8, 4) is 0 Å². The number of imidazole rings is 1. The second kappa shape index (κ2) is 4.66. The van der Waals surface area contributed by atoms with Gasteiger partial charge in [0.1, 0.15) is 11.3 Å². The average Bonchev–Trinajstić information content (AvgIpc) is 2.49. The van der Waals surface area contributed by atoms with Gasteiger partial charge in [-0.15, -0.1) is 0 Å². The Labute approximate surface area is 83.2 Å². The van der Waals surface area contributed by atoms with Crippen LogP contribution in [0.3, 0.4) is 0 Å². The van der Waals surface area contributed by atoms with Gasteiger partial charge in [0, 0.05) is 7.05 Å². The van der Waals surface area contributed by atoms with Crippen LogP contribution in [0.2, 0.25) is 0 Å². The molecule has 2 heterocycles. The number of aromatic nitrogens is 4. The molecule has 0 spiro atoms. The smallest absolute Gasteiger partial charge is 0.163 e. The molecule has 1 N–H and O–H groups in total. The molecule has 0 radical (unpaired) electrons. The monoisotopic (exact) mass is 193 g/mol. The SMILES string of the molecule is CNC.Cc1ncc2ncn(C)c2n1. The molecule has 5 heteroatoms. The van der Waals surface area contributed by atoms with Gasteiger partial charge in [0.25, 0.3) is 0 Å². The molecule has 0 saturated heterocycles. The van der Waals surface area contributed by atoms with E-state index in [1.165, 1.54) is 0 Å². The summed E-state index contributed by atoms with van der Waals surface area (Å²) in [4.78, 5) is 12.4. The first kappa shape index (κ1) is 10.6. The van der Waals surface area contributed by atoms with Gasteiger partial charge in [0.15, 0.2) is 5.65 Å². The number of nitrogens with zero attached hydrogens (tertiary/aromatic N) is 4. The van der Waals surface area contributed by atoms with E-state index in [1.54, 1.807) is 12.5 Å². The number of nitrogens with one attached hydrogen (secondary N) is 1. The van der Waals surface area contributed by atoms with Crippen LogP contribution in [-0.4, -0.2) is 33.6 Å². The summed E-state index contributed by atoms with van der Waals surface area (Å²) < 4.78 is 1.88. The first-order valence-corrected chi connectivity index (χ1v) is 4.38. The molecule has 2 rings (SSSR count). The molecule has 0 bridgehead atoms. The summed E-state index contributed by atoms with van der Waals surface area (Å²) in [6.45, 7) is 1.87. The van der Waals surface area contributed by atoms with Gasteiger partial charge in [0.2, 0.25) is 0 Å². The lowest BCUT2D eigenvalue weighted by molar-refractivity contribution is 0.920. The Morgan fingerprint density at radius 3 is 2.57 bits per heavy atom. The van der Waals surface area contributed by atoms with Gasteiger partial charge in [-0.05, 0) is 21.0 Å². The average molecular weight is 193 g/mol. The largest absolute Gasteiger partial charge is 0.323 e. The van der Waals surface area contributed by atoms with Crippen molar-refractivity contribution in [2.24, 2.45) is 7.05 Å². The van der Waals surface area contributed by atoms with Gasteiger partial charge in [-0.25, -0.2) is 15.0 Å². The predicted octanol–water partition coefficient (Wildman–Crippen LogP) is 0.507. The van der Waals surface area contributed by atoms with Crippen molar-refractivity contribution >= 4 is 11.2 Å². The van der Waals surface area contributed by atoms with Crippen LogP contribution in [0.1, 0.15) is 5.82 Å². The maximum absolute atomic E-state index is 4.22. The van der Waals surface area contributed by atoms with E-state index >= 15 is 0 Å². The molecule has 0 atom stereocenters. The molecule has 0 aliphatic rings. The van der Waals surface area contributed by atoms with E-state index < -0.39 is 0 Å². The molecule has 2 aromatic heterocycles. The number of rotatable bonds is 0. The summed E-state index contributed by atoms with van der Waals surface area (Å²) in [5.74, 6) is 0.779. The first-order chi connectivity index (χ1) is 6.69. The van der Waals surface area contributed by atoms with Gasteiger partial charge >= 0.3 is 0 Å². The number of aryl methyl sites for hydroxylation is 2. The van der Waals surface area contributed by atoms with Crippen molar-refractivity contribution in [2.75, 3.05) is 14.1 Å². The molecule has 0 unspecified atom stereocenters. The van der Waals surface area contributed by atoms with E-state index in [1.807, 2.05) is 32.6 Å². The molecule has 0 amide bonds. The minimum absolute atomic E-state index is 0.779. The van der Waals surface area contributed by atoms with Crippen molar-refractivity contribution in [1.29, 1.82) is 0 Å². The van der Waals surface area contributed by atoms with Gasteiger partial charge in [-0.2, -0.15) is 0 Å². The Balaban J connectivity index is 0.000000293. The molecule has 76 valence electrons. The number of fused-ring (bicyclic) bond motifs is 1. The fourth-order valence-corrected chi connectivity index (χ4v) is 1.01. The second-order valence-electron chi connectivity index (χ2n) is 2.98. The van der Waals surface area contributed by atoms with E-state index in [-0.39, 0.29) is 0 Å². The Hall–Kier alpha value is -1.49. The highest BCUT2D eigenvalue weighted by Crippen LogP contribution is 2.05. The molecule has 14 heavy (non-hydrogen) atoms. The zero-order valence-electron chi connectivity index (χ0n) is 8.94. The summed E-state index contributed by atoms with van der Waals surface area (Å²) >= 11 is 0. The Morgan fingerprint density at radius 2 is 1.93 bits per heavy atom. The Kier molecular flexibility index (Phi) is 3.53. The molecular weight excluding hydrogens is 178 g/mol. The van der Waals surface area contributed by atoms with Crippen molar-refractivity contribution in [3.63, 3.8) is 0 Å². The van der Waals surface area contributed by atoms with E-state index in [4.69, 9.17) is 0 Å².